The van der Waals surface area contributed by atoms with Crippen molar-refractivity contribution in [1.29, 1.82) is 0 Å². The van der Waals surface area contributed by atoms with Gasteiger partial charge in [0.1, 0.15) is 5.75 Å². The zero-order chi connectivity index (χ0) is 15.3. The van der Waals surface area contributed by atoms with Crippen LogP contribution in [0.2, 0.25) is 0 Å². The van der Waals surface area contributed by atoms with Gasteiger partial charge in [0.2, 0.25) is 0 Å². The van der Waals surface area contributed by atoms with Crippen molar-refractivity contribution in [2.75, 3.05) is 6.61 Å². The van der Waals surface area contributed by atoms with E-state index in [2.05, 4.69) is 13.0 Å². The third kappa shape index (κ3) is 3.78. The largest absolute Gasteiger partial charge is 0.491 e. The molecule has 0 saturated heterocycles. The zero-order valence-electron chi connectivity index (χ0n) is 13.6. The number of ether oxygens (including phenoxy) is 2. The van der Waals surface area contributed by atoms with E-state index >= 15 is 0 Å². The fourth-order valence-electron chi connectivity index (χ4n) is 3.36. The molecule has 0 amide bonds. The van der Waals surface area contributed by atoms with Gasteiger partial charge < -0.3 is 15.2 Å². The van der Waals surface area contributed by atoms with Crippen LogP contribution in [0.3, 0.4) is 0 Å². The summed E-state index contributed by atoms with van der Waals surface area (Å²) in [4.78, 5) is 0. The lowest BCUT2D eigenvalue weighted by atomic mass is 9.77. The van der Waals surface area contributed by atoms with Crippen molar-refractivity contribution in [3.8, 4) is 5.75 Å². The number of rotatable bonds is 6. The molecule has 1 unspecified atom stereocenters. The van der Waals surface area contributed by atoms with Gasteiger partial charge >= 0.3 is 0 Å². The van der Waals surface area contributed by atoms with Crippen molar-refractivity contribution in [1.82, 2.24) is 0 Å². The molecule has 1 aliphatic rings. The summed E-state index contributed by atoms with van der Waals surface area (Å²) in [5, 5.41) is 0. The summed E-state index contributed by atoms with van der Waals surface area (Å²) in [7, 11) is 0. The molecule has 0 heterocycles. The molecule has 2 N–H and O–H groups in total. The Bertz CT molecular complexity index is 433. The molecule has 3 heteroatoms. The van der Waals surface area contributed by atoms with E-state index in [0.717, 1.165) is 24.2 Å². The molecule has 1 saturated carbocycles. The Morgan fingerprint density at radius 1 is 1.14 bits per heavy atom. The number of hydrogen-bond donors (Lipinski definition) is 1. The van der Waals surface area contributed by atoms with Crippen LogP contribution in [-0.4, -0.2) is 18.3 Å². The van der Waals surface area contributed by atoms with E-state index in [-0.39, 0.29) is 17.7 Å². The van der Waals surface area contributed by atoms with Crippen molar-refractivity contribution in [2.24, 2.45) is 5.73 Å². The first-order valence-corrected chi connectivity index (χ1v) is 8.24. The van der Waals surface area contributed by atoms with Gasteiger partial charge in [-0.05, 0) is 39.7 Å². The molecule has 0 bridgehead atoms. The van der Waals surface area contributed by atoms with Gasteiger partial charge in [0.05, 0.1) is 17.7 Å². The lowest BCUT2D eigenvalue weighted by molar-refractivity contribution is -0.0835. The lowest BCUT2D eigenvalue weighted by Gasteiger charge is -2.42. The Morgan fingerprint density at radius 3 is 2.43 bits per heavy atom. The molecule has 0 spiro atoms. The van der Waals surface area contributed by atoms with E-state index in [1.54, 1.807) is 0 Å². The standard InChI is InChI=1S/C18H29NO2/c1-4-20-18(12-8-5-9-13-18)17(19)15-10-6-7-11-16(15)21-14(2)3/h6-7,10-11,14,17H,4-5,8-9,12-13,19H2,1-3H3. The van der Waals surface area contributed by atoms with E-state index in [0.29, 0.717) is 6.61 Å². The van der Waals surface area contributed by atoms with Crippen LogP contribution < -0.4 is 10.5 Å². The molecule has 21 heavy (non-hydrogen) atoms. The van der Waals surface area contributed by atoms with Crippen LogP contribution in [0.4, 0.5) is 0 Å². The minimum absolute atomic E-state index is 0.132. The summed E-state index contributed by atoms with van der Waals surface area (Å²) in [5.74, 6) is 0.893. The summed E-state index contributed by atoms with van der Waals surface area (Å²) in [6.07, 6.45) is 5.90. The highest BCUT2D eigenvalue weighted by Crippen LogP contribution is 2.42. The van der Waals surface area contributed by atoms with Crippen molar-refractivity contribution in [3.05, 3.63) is 29.8 Å². The van der Waals surface area contributed by atoms with E-state index in [4.69, 9.17) is 15.2 Å². The minimum atomic E-state index is -0.233. The van der Waals surface area contributed by atoms with Crippen molar-refractivity contribution >= 4 is 0 Å². The number of benzene rings is 1. The third-order valence-electron chi connectivity index (χ3n) is 4.32. The van der Waals surface area contributed by atoms with Crippen LogP contribution in [-0.2, 0) is 4.74 Å². The van der Waals surface area contributed by atoms with Crippen LogP contribution in [0.15, 0.2) is 24.3 Å². The smallest absolute Gasteiger partial charge is 0.124 e. The molecule has 3 nitrogen and oxygen atoms in total. The molecular weight excluding hydrogens is 262 g/mol. The summed E-state index contributed by atoms with van der Waals surface area (Å²) in [6.45, 7) is 6.85. The Labute approximate surface area is 128 Å². The van der Waals surface area contributed by atoms with Gasteiger partial charge in [-0.2, -0.15) is 0 Å². The van der Waals surface area contributed by atoms with Gasteiger partial charge in [-0.25, -0.2) is 0 Å². The van der Waals surface area contributed by atoms with Gasteiger partial charge in [0.15, 0.2) is 0 Å². The van der Waals surface area contributed by atoms with E-state index < -0.39 is 0 Å². The molecule has 1 atom stereocenters. The van der Waals surface area contributed by atoms with Crippen molar-refractivity contribution in [3.63, 3.8) is 0 Å². The number of nitrogens with two attached hydrogens (primary N) is 1. The average Bonchev–Trinajstić information content (AvgIpc) is 2.48. The Hall–Kier alpha value is -1.06. The highest BCUT2D eigenvalue weighted by Gasteiger charge is 2.40. The summed E-state index contributed by atoms with van der Waals surface area (Å²) in [6, 6.07) is 8.00. The van der Waals surface area contributed by atoms with Gasteiger partial charge in [-0.3, -0.25) is 0 Å². The van der Waals surface area contributed by atoms with Crippen LogP contribution in [0.25, 0.3) is 0 Å². The van der Waals surface area contributed by atoms with Gasteiger partial charge in [-0.1, -0.05) is 37.5 Å². The van der Waals surface area contributed by atoms with Crippen molar-refractivity contribution < 1.29 is 9.47 Å². The maximum Gasteiger partial charge on any atom is 0.124 e. The molecule has 2 rings (SSSR count). The molecule has 1 aromatic rings. The molecule has 118 valence electrons. The molecular formula is C18H29NO2. The Balaban J connectivity index is 2.30. The van der Waals surface area contributed by atoms with Gasteiger partial charge in [0, 0.05) is 12.2 Å². The third-order valence-corrected chi connectivity index (χ3v) is 4.32. The maximum absolute atomic E-state index is 6.66. The first-order chi connectivity index (χ1) is 10.1. The second-order valence-corrected chi connectivity index (χ2v) is 6.24. The molecule has 1 fully saturated rings. The fraction of sp³-hybridized carbons (Fsp3) is 0.667. The second kappa shape index (κ2) is 7.28. The predicted octanol–water partition coefficient (Wildman–Crippen LogP) is 4.21. The van der Waals surface area contributed by atoms with Crippen LogP contribution >= 0.6 is 0 Å². The van der Waals surface area contributed by atoms with Gasteiger partial charge in [-0.15, -0.1) is 0 Å². The van der Waals surface area contributed by atoms with Crippen LogP contribution in [0, 0.1) is 0 Å². The Kier molecular flexibility index (Phi) is 5.65. The molecule has 0 aliphatic heterocycles. The zero-order valence-corrected chi connectivity index (χ0v) is 13.6. The minimum Gasteiger partial charge on any atom is -0.491 e. The van der Waals surface area contributed by atoms with E-state index in [1.807, 2.05) is 32.0 Å². The summed E-state index contributed by atoms with van der Waals surface area (Å²) < 4.78 is 12.1. The highest BCUT2D eigenvalue weighted by molar-refractivity contribution is 5.37. The topological polar surface area (TPSA) is 44.5 Å². The van der Waals surface area contributed by atoms with Crippen LogP contribution in [0.5, 0.6) is 5.75 Å². The van der Waals surface area contributed by atoms with Crippen LogP contribution in [0.1, 0.15) is 64.5 Å². The molecule has 1 aromatic carbocycles. The highest BCUT2D eigenvalue weighted by atomic mass is 16.5. The first-order valence-electron chi connectivity index (χ1n) is 8.24. The summed E-state index contributed by atoms with van der Waals surface area (Å²) in [5.41, 5.74) is 7.50. The number of para-hydroxylation sites is 1. The fourth-order valence-corrected chi connectivity index (χ4v) is 3.36. The number of hydrogen-bond acceptors (Lipinski definition) is 3. The van der Waals surface area contributed by atoms with E-state index in [1.165, 1.54) is 19.3 Å². The quantitative estimate of drug-likeness (QED) is 0.853. The first kappa shape index (κ1) is 16.3. The normalized spacial score (nSPS) is 19.5. The van der Waals surface area contributed by atoms with E-state index in [9.17, 15) is 0 Å². The maximum atomic E-state index is 6.66. The summed E-state index contributed by atoms with van der Waals surface area (Å²) >= 11 is 0. The molecule has 0 aromatic heterocycles. The monoisotopic (exact) mass is 291 g/mol. The Morgan fingerprint density at radius 2 is 1.81 bits per heavy atom. The molecule has 0 radical (unpaired) electrons. The lowest BCUT2D eigenvalue weighted by Crippen LogP contribution is -2.45. The second-order valence-electron chi connectivity index (χ2n) is 6.24. The molecule has 1 aliphatic carbocycles. The average molecular weight is 291 g/mol. The predicted molar refractivity (Wildman–Crippen MR) is 86.6 cm³/mol. The SMILES string of the molecule is CCOC1(C(N)c2ccccc2OC(C)C)CCCCC1. The van der Waals surface area contributed by atoms with Gasteiger partial charge in [0.25, 0.3) is 0 Å². The van der Waals surface area contributed by atoms with Crippen molar-refractivity contribution in [2.45, 2.75) is 70.6 Å².